The highest BCUT2D eigenvalue weighted by atomic mass is 16.4. The zero-order valence-electron chi connectivity index (χ0n) is 14.8. The third-order valence-electron chi connectivity index (χ3n) is 4.72. The smallest absolute Gasteiger partial charge is 0.307 e. The van der Waals surface area contributed by atoms with E-state index in [9.17, 15) is 14.9 Å². The van der Waals surface area contributed by atoms with Crippen LogP contribution in [0.3, 0.4) is 0 Å². The van der Waals surface area contributed by atoms with Crippen molar-refractivity contribution in [1.82, 2.24) is 9.97 Å². The fourth-order valence-electron chi connectivity index (χ4n) is 3.07. The molecule has 1 aliphatic heterocycles. The van der Waals surface area contributed by atoms with E-state index >= 15 is 0 Å². The molecule has 1 saturated heterocycles. The number of nitrogens with zero attached hydrogens (tertiary/aromatic N) is 4. The van der Waals surface area contributed by atoms with Gasteiger partial charge in [0.05, 0.1) is 12.5 Å². The van der Waals surface area contributed by atoms with E-state index in [1.165, 1.54) is 4.90 Å². The van der Waals surface area contributed by atoms with Crippen LogP contribution < -0.4 is 10.2 Å². The van der Waals surface area contributed by atoms with E-state index in [2.05, 4.69) is 21.4 Å². The second-order valence-electron chi connectivity index (χ2n) is 6.39. The molecule has 2 N–H and O–H groups in total. The van der Waals surface area contributed by atoms with E-state index < -0.39 is 11.4 Å². The molecule has 1 amide bonds. The van der Waals surface area contributed by atoms with Crippen molar-refractivity contribution in [1.29, 1.82) is 5.26 Å². The summed E-state index contributed by atoms with van der Waals surface area (Å²) < 4.78 is 0. The molecule has 2 aromatic rings. The Labute approximate surface area is 156 Å². The molecule has 8 nitrogen and oxygen atoms in total. The molecule has 0 saturated carbocycles. The standard InChI is InChI=1S/C19H19N5O3/c1-2-19(12-20)8-10-24(17(19)27)15-7-9-21-18(23-15)22-14-5-3-13(4-6-14)11-16(25)26/h3-7,9H,2,8,10-11H2,1H3,(H,25,26)(H,21,22,23)/t19-/m1/s1. The normalized spacial score (nSPS) is 19.0. The van der Waals surface area contributed by atoms with Crippen LogP contribution in [-0.2, 0) is 16.0 Å². The summed E-state index contributed by atoms with van der Waals surface area (Å²) in [5, 5.41) is 21.2. The maximum atomic E-state index is 12.7. The molecule has 1 fully saturated rings. The van der Waals surface area contributed by atoms with Crippen LogP contribution in [0.4, 0.5) is 17.5 Å². The number of benzene rings is 1. The van der Waals surface area contributed by atoms with Crippen molar-refractivity contribution < 1.29 is 14.7 Å². The van der Waals surface area contributed by atoms with Crippen molar-refractivity contribution in [3.8, 4) is 6.07 Å². The Morgan fingerprint density at radius 3 is 2.70 bits per heavy atom. The quantitative estimate of drug-likeness (QED) is 0.807. The Morgan fingerprint density at radius 2 is 2.11 bits per heavy atom. The number of aliphatic carboxylic acids is 1. The summed E-state index contributed by atoms with van der Waals surface area (Å²) in [4.78, 5) is 33.5. The van der Waals surface area contributed by atoms with E-state index in [0.29, 0.717) is 42.4 Å². The first kappa shape index (κ1) is 18.3. The molecule has 1 aliphatic rings. The number of nitrogens with one attached hydrogen (secondary N) is 1. The van der Waals surface area contributed by atoms with Gasteiger partial charge >= 0.3 is 5.97 Å². The highest BCUT2D eigenvalue weighted by Crippen LogP contribution is 2.36. The lowest BCUT2D eigenvalue weighted by Crippen LogP contribution is -2.33. The number of nitriles is 1. The highest BCUT2D eigenvalue weighted by molar-refractivity contribution is 6.01. The molecule has 1 atom stereocenters. The predicted molar refractivity (Wildman–Crippen MR) is 98.4 cm³/mol. The van der Waals surface area contributed by atoms with Gasteiger partial charge in [0.25, 0.3) is 0 Å². The topological polar surface area (TPSA) is 119 Å². The van der Waals surface area contributed by atoms with Gasteiger partial charge in [-0.2, -0.15) is 10.2 Å². The van der Waals surface area contributed by atoms with Gasteiger partial charge in [0.2, 0.25) is 11.9 Å². The van der Waals surface area contributed by atoms with Gasteiger partial charge in [-0.3, -0.25) is 14.5 Å². The van der Waals surface area contributed by atoms with Crippen molar-refractivity contribution in [2.24, 2.45) is 5.41 Å². The summed E-state index contributed by atoms with van der Waals surface area (Å²) in [6, 6.07) is 10.7. The first-order chi connectivity index (χ1) is 13.0. The molecule has 0 aliphatic carbocycles. The lowest BCUT2D eigenvalue weighted by atomic mass is 9.85. The van der Waals surface area contributed by atoms with Crippen LogP contribution in [0.1, 0.15) is 25.3 Å². The van der Waals surface area contributed by atoms with Crippen LogP contribution in [0, 0.1) is 16.7 Å². The number of carboxylic acid groups (broad SMARTS) is 1. The van der Waals surface area contributed by atoms with Crippen molar-refractivity contribution >= 4 is 29.3 Å². The fraction of sp³-hybridized carbons (Fsp3) is 0.316. The molecule has 2 heterocycles. The molecule has 0 spiro atoms. The Hall–Kier alpha value is -3.47. The zero-order valence-corrected chi connectivity index (χ0v) is 14.8. The number of carbonyl (C=O) groups is 2. The van der Waals surface area contributed by atoms with E-state index in [-0.39, 0.29) is 12.3 Å². The second kappa shape index (κ2) is 7.41. The van der Waals surface area contributed by atoms with Crippen LogP contribution in [0.5, 0.6) is 0 Å². The SMILES string of the molecule is CC[C@]1(C#N)CCN(c2ccnc(Nc3ccc(CC(=O)O)cc3)n2)C1=O. The monoisotopic (exact) mass is 365 g/mol. The van der Waals surface area contributed by atoms with Crippen LogP contribution in [0.25, 0.3) is 0 Å². The van der Waals surface area contributed by atoms with Gasteiger partial charge in [-0.15, -0.1) is 0 Å². The van der Waals surface area contributed by atoms with Crippen LogP contribution in [0.2, 0.25) is 0 Å². The van der Waals surface area contributed by atoms with Gasteiger partial charge in [0.1, 0.15) is 11.2 Å². The van der Waals surface area contributed by atoms with E-state index in [1.54, 1.807) is 36.5 Å². The van der Waals surface area contributed by atoms with Crippen molar-refractivity contribution in [3.63, 3.8) is 0 Å². The van der Waals surface area contributed by atoms with Gasteiger partial charge in [-0.1, -0.05) is 19.1 Å². The molecule has 0 radical (unpaired) electrons. The molecular weight excluding hydrogens is 346 g/mol. The average Bonchev–Trinajstić information content (AvgIpc) is 3.00. The number of hydrogen-bond donors (Lipinski definition) is 2. The summed E-state index contributed by atoms with van der Waals surface area (Å²) in [7, 11) is 0. The Balaban J connectivity index is 1.76. The molecule has 3 rings (SSSR count). The maximum absolute atomic E-state index is 12.7. The molecule has 0 bridgehead atoms. The fourth-order valence-corrected chi connectivity index (χ4v) is 3.07. The second-order valence-corrected chi connectivity index (χ2v) is 6.39. The lowest BCUT2D eigenvalue weighted by Gasteiger charge is -2.19. The van der Waals surface area contributed by atoms with E-state index in [1.807, 2.05) is 6.92 Å². The van der Waals surface area contributed by atoms with Crippen LogP contribution >= 0.6 is 0 Å². The van der Waals surface area contributed by atoms with E-state index in [4.69, 9.17) is 5.11 Å². The van der Waals surface area contributed by atoms with Crippen molar-refractivity contribution in [3.05, 3.63) is 42.1 Å². The van der Waals surface area contributed by atoms with E-state index in [0.717, 1.165) is 0 Å². The number of carbonyl (C=O) groups excluding carboxylic acids is 1. The summed E-state index contributed by atoms with van der Waals surface area (Å²) >= 11 is 0. The zero-order chi connectivity index (χ0) is 19.4. The summed E-state index contributed by atoms with van der Waals surface area (Å²) in [5.41, 5.74) is 0.421. The first-order valence-corrected chi connectivity index (χ1v) is 8.61. The van der Waals surface area contributed by atoms with Crippen LogP contribution in [0.15, 0.2) is 36.5 Å². The highest BCUT2D eigenvalue weighted by Gasteiger charge is 2.46. The Morgan fingerprint density at radius 1 is 1.37 bits per heavy atom. The molecule has 27 heavy (non-hydrogen) atoms. The molecule has 138 valence electrons. The molecule has 8 heteroatoms. The van der Waals surface area contributed by atoms with Crippen LogP contribution in [-0.4, -0.2) is 33.5 Å². The molecule has 1 aromatic heterocycles. The first-order valence-electron chi connectivity index (χ1n) is 8.61. The summed E-state index contributed by atoms with van der Waals surface area (Å²) in [5.74, 6) is -0.347. The molecule has 1 aromatic carbocycles. The largest absolute Gasteiger partial charge is 0.481 e. The lowest BCUT2D eigenvalue weighted by molar-refractivity contribution is -0.136. The van der Waals surface area contributed by atoms with Gasteiger partial charge in [0.15, 0.2) is 0 Å². The minimum absolute atomic E-state index is 0.0403. The maximum Gasteiger partial charge on any atom is 0.307 e. The van der Waals surface area contributed by atoms with Crippen molar-refractivity contribution in [2.75, 3.05) is 16.8 Å². The number of rotatable bonds is 6. The number of hydrogen-bond acceptors (Lipinski definition) is 6. The minimum Gasteiger partial charge on any atom is -0.481 e. The third kappa shape index (κ3) is 3.72. The number of aromatic nitrogens is 2. The number of amides is 1. The third-order valence-corrected chi connectivity index (χ3v) is 4.72. The van der Waals surface area contributed by atoms with Gasteiger partial charge < -0.3 is 10.4 Å². The summed E-state index contributed by atoms with van der Waals surface area (Å²) in [6.45, 7) is 2.28. The van der Waals surface area contributed by atoms with Gasteiger partial charge in [0, 0.05) is 18.4 Å². The average molecular weight is 365 g/mol. The minimum atomic E-state index is -0.974. The van der Waals surface area contributed by atoms with Crippen molar-refractivity contribution in [2.45, 2.75) is 26.2 Å². The Bertz CT molecular complexity index is 906. The molecule has 0 unspecified atom stereocenters. The number of anilines is 3. The Kier molecular flexibility index (Phi) is 5.03. The summed E-state index contributed by atoms with van der Waals surface area (Å²) in [6.07, 6.45) is 2.46. The molecular formula is C19H19N5O3. The van der Waals surface area contributed by atoms with Gasteiger partial charge in [-0.05, 0) is 36.6 Å². The number of carboxylic acids is 1. The van der Waals surface area contributed by atoms with Gasteiger partial charge in [-0.25, -0.2) is 4.98 Å². The predicted octanol–water partition coefficient (Wildman–Crippen LogP) is 2.50.